The van der Waals surface area contributed by atoms with Crippen molar-refractivity contribution in [2.75, 3.05) is 12.4 Å². The van der Waals surface area contributed by atoms with Crippen molar-refractivity contribution >= 4 is 23.2 Å². The molecular weight excluding hydrogens is 345 g/mol. The number of nitrogens with one attached hydrogen (secondary N) is 1. The lowest BCUT2D eigenvalue weighted by molar-refractivity contribution is 0.102. The quantitative estimate of drug-likeness (QED) is 0.807. The van der Waals surface area contributed by atoms with Gasteiger partial charge in [0.15, 0.2) is 11.5 Å². The van der Waals surface area contributed by atoms with Crippen LogP contribution in [0.2, 0.25) is 5.02 Å². The molecule has 0 atom stereocenters. The molecule has 1 amide bonds. The van der Waals surface area contributed by atoms with Gasteiger partial charge in [-0.15, -0.1) is 0 Å². The molecule has 1 saturated carbocycles. The predicted octanol–water partition coefficient (Wildman–Crippen LogP) is 5.06. The minimum Gasteiger partial charge on any atom is -0.493 e. The summed E-state index contributed by atoms with van der Waals surface area (Å²) in [4.78, 5) is 12.5. The number of methoxy groups -OCH3 is 1. The van der Waals surface area contributed by atoms with Crippen LogP contribution < -0.4 is 14.8 Å². The van der Waals surface area contributed by atoms with Crippen LogP contribution in [0.5, 0.6) is 11.5 Å². The SMILES string of the molecule is COc1cc(F)c(C(=O)Nc2ccccc2Cl)cc1OC1CCCC1. The molecule has 0 radical (unpaired) electrons. The Labute approximate surface area is 150 Å². The monoisotopic (exact) mass is 363 g/mol. The van der Waals surface area contributed by atoms with E-state index in [0.29, 0.717) is 16.5 Å². The van der Waals surface area contributed by atoms with Crippen LogP contribution in [0.3, 0.4) is 0 Å². The summed E-state index contributed by atoms with van der Waals surface area (Å²) in [5.74, 6) is -0.622. The Hall–Kier alpha value is -2.27. The van der Waals surface area contributed by atoms with Crippen molar-refractivity contribution in [2.24, 2.45) is 0 Å². The highest BCUT2D eigenvalue weighted by Gasteiger charge is 2.22. The van der Waals surface area contributed by atoms with Gasteiger partial charge in [0.05, 0.1) is 29.5 Å². The van der Waals surface area contributed by atoms with E-state index in [-0.39, 0.29) is 17.4 Å². The number of rotatable bonds is 5. The third-order valence-corrected chi connectivity index (χ3v) is 4.55. The maximum absolute atomic E-state index is 14.4. The fourth-order valence-electron chi connectivity index (χ4n) is 2.90. The van der Waals surface area contributed by atoms with Crippen LogP contribution in [0.4, 0.5) is 10.1 Å². The summed E-state index contributed by atoms with van der Waals surface area (Å²) >= 11 is 6.03. The summed E-state index contributed by atoms with van der Waals surface area (Å²) < 4.78 is 25.5. The first-order valence-corrected chi connectivity index (χ1v) is 8.56. The largest absolute Gasteiger partial charge is 0.493 e. The third-order valence-electron chi connectivity index (χ3n) is 4.22. The second-order valence-corrected chi connectivity index (χ2v) is 6.35. The second kappa shape index (κ2) is 7.74. The highest BCUT2D eigenvalue weighted by Crippen LogP contribution is 2.34. The number of anilines is 1. The molecule has 1 aliphatic carbocycles. The van der Waals surface area contributed by atoms with Gasteiger partial charge in [-0.2, -0.15) is 0 Å². The fraction of sp³-hybridized carbons (Fsp3) is 0.316. The van der Waals surface area contributed by atoms with E-state index in [1.165, 1.54) is 19.2 Å². The Morgan fingerprint density at radius 3 is 2.60 bits per heavy atom. The molecule has 2 aromatic rings. The average Bonchev–Trinajstić information content (AvgIpc) is 3.11. The Bertz CT molecular complexity index is 775. The number of hydrogen-bond donors (Lipinski definition) is 1. The number of para-hydroxylation sites is 1. The van der Waals surface area contributed by atoms with Crippen LogP contribution in [-0.2, 0) is 0 Å². The van der Waals surface area contributed by atoms with E-state index < -0.39 is 11.7 Å². The van der Waals surface area contributed by atoms with Gasteiger partial charge in [0.1, 0.15) is 5.82 Å². The molecule has 6 heteroatoms. The molecule has 132 valence electrons. The minimum atomic E-state index is -0.680. The molecule has 1 aliphatic rings. The Morgan fingerprint density at radius 2 is 1.92 bits per heavy atom. The number of halogens is 2. The number of carbonyl (C=O) groups excluding carboxylic acids is 1. The van der Waals surface area contributed by atoms with Gasteiger partial charge in [-0.3, -0.25) is 4.79 Å². The number of ether oxygens (including phenoxy) is 2. The number of hydrogen-bond acceptors (Lipinski definition) is 3. The molecule has 0 bridgehead atoms. The zero-order chi connectivity index (χ0) is 17.8. The first kappa shape index (κ1) is 17.5. The predicted molar refractivity (Wildman–Crippen MR) is 95.2 cm³/mol. The van der Waals surface area contributed by atoms with E-state index in [1.807, 2.05) is 0 Å². The zero-order valence-corrected chi connectivity index (χ0v) is 14.6. The van der Waals surface area contributed by atoms with Gasteiger partial charge in [-0.1, -0.05) is 23.7 Å². The maximum Gasteiger partial charge on any atom is 0.258 e. The highest BCUT2D eigenvalue weighted by molar-refractivity contribution is 6.33. The van der Waals surface area contributed by atoms with Gasteiger partial charge in [-0.25, -0.2) is 4.39 Å². The molecule has 0 aromatic heterocycles. The van der Waals surface area contributed by atoms with Crippen LogP contribution in [0.1, 0.15) is 36.0 Å². The Balaban J connectivity index is 1.86. The van der Waals surface area contributed by atoms with Gasteiger partial charge < -0.3 is 14.8 Å². The van der Waals surface area contributed by atoms with Crippen LogP contribution >= 0.6 is 11.6 Å². The molecule has 25 heavy (non-hydrogen) atoms. The second-order valence-electron chi connectivity index (χ2n) is 5.94. The molecule has 2 aromatic carbocycles. The smallest absolute Gasteiger partial charge is 0.258 e. The molecule has 0 heterocycles. The highest BCUT2D eigenvalue weighted by atomic mass is 35.5. The van der Waals surface area contributed by atoms with Gasteiger partial charge in [0, 0.05) is 6.07 Å². The van der Waals surface area contributed by atoms with E-state index >= 15 is 0 Å². The van der Waals surface area contributed by atoms with Gasteiger partial charge in [-0.05, 0) is 43.9 Å². The summed E-state index contributed by atoms with van der Waals surface area (Å²) in [5, 5.41) is 3.00. The van der Waals surface area contributed by atoms with Crippen molar-refractivity contribution in [3.8, 4) is 11.5 Å². The van der Waals surface area contributed by atoms with Crippen molar-refractivity contribution in [3.63, 3.8) is 0 Å². The molecule has 1 fully saturated rings. The van der Waals surface area contributed by atoms with Gasteiger partial charge >= 0.3 is 0 Å². The zero-order valence-electron chi connectivity index (χ0n) is 13.9. The third kappa shape index (κ3) is 4.04. The summed E-state index contributed by atoms with van der Waals surface area (Å²) in [6.07, 6.45) is 4.17. The van der Waals surface area contributed by atoms with Crippen LogP contribution in [0, 0.1) is 5.82 Å². The summed E-state index contributed by atoms with van der Waals surface area (Å²) in [6.45, 7) is 0. The minimum absolute atomic E-state index is 0.0684. The molecule has 0 aliphatic heterocycles. The molecule has 4 nitrogen and oxygen atoms in total. The van der Waals surface area contributed by atoms with Crippen molar-refractivity contribution in [2.45, 2.75) is 31.8 Å². The molecule has 0 spiro atoms. The van der Waals surface area contributed by atoms with Crippen molar-refractivity contribution < 1.29 is 18.7 Å². The lowest BCUT2D eigenvalue weighted by Gasteiger charge is -2.17. The Kier molecular flexibility index (Phi) is 5.43. The lowest BCUT2D eigenvalue weighted by Crippen LogP contribution is -2.16. The lowest BCUT2D eigenvalue weighted by atomic mass is 10.1. The standard InChI is InChI=1S/C19H19ClFNO3/c1-24-17-11-15(21)13(10-18(17)25-12-6-2-3-7-12)19(23)22-16-9-5-4-8-14(16)20/h4-5,8-12H,2-3,6-7H2,1H3,(H,22,23). The molecule has 0 saturated heterocycles. The molecule has 3 rings (SSSR count). The van der Waals surface area contributed by atoms with E-state index in [2.05, 4.69) is 5.32 Å². The molecule has 1 N–H and O–H groups in total. The van der Waals surface area contributed by atoms with Crippen LogP contribution in [0.15, 0.2) is 36.4 Å². The van der Waals surface area contributed by atoms with E-state index in [4.69, 9.17) is 21.1 Å². The summed E-state index contributed by atoms with van der Waals surface area (Å²) in [7, 11) is 1.44. The molecule has 0 unspecified atom stereocenters. The summed E-state index contributed by atoms with van der Waals surface area (Å²) in [5.41, 5.74) is 0.302. The maximum atomic E-state index is 14.4. The van der Waals surface area contributed by atoms with E-state index in [1.54, 1.807) is 24.3 Å². The fourth-order valence-corrected chi connectivity index (χ4v) is 3.08. The Morgan fingerprint density at radius 1 is 1.20 bits per heavy atom. The van der Waals surface area contributed by atoms with E-state index in [9.17, 15) is 9.18 Å². The van der Waals surface area contributed by atoms with Crippen molar-refractivity contribution in [1.82, 2.24) is 0 Å². The van der Waals surface area contributed by atoms with Crippen LogP contribution in [-0.4, -0.2) is 19.1 Å². The first-order valence-electron chi connectivity index (χ1n) is 8.18. The first-order chi connectivity index (χ1) is 12.1. The number of benzene rings is 2. The number of carbonyl (C=O) groups is 1. The number of amides is 1. The summed E-state index contributed by atoms with van der Waals surface area (Å²) in [6, 6.07) is 9.35. The van der Waals surface area contributed by atoms with Crippen LogP contribution in [0.25, 0.3) is 0 Å². The van der Waals surface area contributed by atoms with Crippen molar-refractivity contribution in [1.29, 1.82) is 0 Å². The van der Waals surface area contributed by atoms with E-state index in [0.717, 1.165) is 25.7 Å². The van der Waals surface area contributed by atoms with Crippen molar-refractivity contribution in [3.05, 3.63) is 52.8 Å². The van der Waals surface area contributed by atoms with Gasteiger partial charge in [0.25, 0.3) is 5.91 Å². The topological polar surface area (TPSA) is 47.6 Å². The normalized spacial score (nSPS) is 14.4. The average molecular weight is 364 g/mol. The van der Waals surface area contributed by atoms with Gasteiger partial charge in [0.2, 0.25) is 0 Å². The molecular formula is C19H19ClFNO3.